The van der Waals surface area contributed by atoms with Crippen molar-refractivity contribution in [2.24, 2.45) is 5.92 Å². The number of hydrogen-bond acceptors (Lipinski definition) is 2. The van der Waals surface area contributed by atoms with Crippen LogP contribution >= 0.6 is 0 Å². The van der Waals surface area contributed by atoms with Crippen LogP contribution in [0.2, 0.25) is 0 Å². The van der Waals surface area contributed by atoms with Crippen LogP contribution < -0.4 is 5.32 Å². The van der Waals surface area contributed by atoms with E-state index in [4.69, 9.17) is 0 Å². The highest BCUT2D eigenvalue weighted by atomic mass is 15.3. The monoisotopic (exact) mass is 238 g/mol. The molecule has 1 aliphatic carbocycles. The molecule has 2 fully saturated rings. The van der Waals surface area contributed by atoms with Gasteiger partial charge in [-0.1, -0.05) is 26.7 Å². The van der Waals surface area contributed by atoms with Crippen molar-refractivity contribution in [1.82, 2.24) is 10.2 Å². The minimum Gasteiger partial charge on any atom is -0.311 e. The van der Waals surface area contributed by atoms with Gasteiger partial charge in [0.1, 0.15) is 0 Å². The van der Waals surface area contributed by atoms with Crippen molar-refractivity contribution in [1.29, 1.82) is 0 Å². The Balaban J connectivity index is 1.98. The fraction of sp³-hybridized carbons (Fsp3) is 1.00. The highest BCUT2D eigenvalue weighted by Crippen LogP contribution is 2.31. The van der Waals surface area contributed by atoms with Crippen LogP contribution in [0.3, 0.4) is 0 Å². The summed E-state index contributed by atoms with van der Waals surface area (Å²) in [4.78, 5) is 2.81. The molecule has 1 saturated carbocycles. The van der Waals surface area contributed by atoms with Crippen molar-refractivity contribution < 1.29 is 0 Å². The maximum atomic E-state index is 3.75. The molecule has 0 aromatic heterocycles. The van der Waals surface area contributed by atoms with Crippen molar-refractivity contribution in [3.8, 4) is 0 Å². The van der Waals surface area contributed by atoms with Crippen LogP contribution in [0.1, 0.15) is 59.8 Å². The van der Waals surface area contributed by atoms with Gasteiger partial charge in [0.2, 0.25) is 0 Å². The lowest BCUT2D eigenvalue weighted by molar-refractivity contribution is 0.0231. The van der Waals surface area contributed by atoms with Gasteiger partial charge in [0, 0.05) is 30.7 Å². The number of piperazine rings is 1. The Hall–Kier alpha value is -0.0800. The van der Waals surface area contributed by atoms with E-state index in [0.29, 0.717) is 11.6 Å². The number of hydrogen-bond donors (Lipinski definition) is 1. The van der Waals surface area contributed by atoms with E-state index in [1.54, 1.807) is 0 Å². The van der Waals surface area contributed by atoms with Gasteiger partial charge in [0.25, 0.3) is 0 Å². The van der Waals surface area contributed by atoms with Crippen molar-refractivity contribution in [3.05, 3.63) is 0 Å². The van der Waals surface area contributed by atoms with Crippen molar-refractivity contribution in [2.75, 3.05) is 13.1 Å². The van der Waals surface area contributed by atoms with Gasteiger partial charge in [-0.15, -0.1) is 0 Å². The highest BCUT2D eigenvalue weighted by Gasteiger charge is 2.38. The van der Waals surface area contributed by atoms with E-state index in [2.05, 4.69) is 37.9 Å². The summed E-state index contributed by atoms with van der Waals surface area (Å²) in [7, 11) is 0. The average Bonchev–Trinajstić information content (AvgIpc) is 2.73. The number of nitrogens with zero attached hydrogens (tertiary/aromatic N) is 1. The van der Waals surface area contributed by atoms with Crippen LogP contribution in [0, 0.1) is 5.92 Å². The van der Waals surface area contributed by atoms with Crippen LogP contribution in [0.5, 0.6) is 0 Å². The third-order valence-electron chi connectivity index (χ3n) is 4.54. The van der Waals surface area contributed by atoms with E-state index in [1.165, 1.54) is 38.6 Å². The van der Waals surface area contributed by atoms with Gasteiger partial charge < -0.3 is 5.32 Å². The summed E-state index contributed by atoms with van der Waals surface area (Å²) in [5.74, 6) is 0.805. The predicted molar refractivity (Wildman–Crippen MR) is 74.3 cm³/mol. The maximum Gasteiger partial charge on any atom is 0.0281 e. The summed E-state index contributed by atoms with van der Waals surface area (Å²) < 4.78 is 0. The first kappa shape index (κ1) is 13.4. The summed E-state index contributed by atoms with van der Waals surface area (Å²) in [6.45, 7) is 11.9. The molecule has 0 bridgehead atoms. The Labute approximate surface area is 107 Å². The molecular formula is C15H30N2. The van der Waals surface area contributed by atoms with E-state index in [-0.39, 0.29) is 0 Å². The predicted octanol–water partition coefficient (Wildman–Crippen LogP) is 3.03. The molecule has 0 aromatic carbocycles. The maximum absolute atomic E-state index is 3.75. The minimum absolute atomic E-state index is 0.350. The highest BCUT2D eigenvalue weighted by molar-refractivity contribution is 4.97. The first-order chi connectivity index (χ1) is 7.99. The van der Waals surface area contributed by atoms with Crippen LogP contribution in [-0.4, -0.2) is 35.6 Å². The third kappa shape index (κ3) is 3.23. The van der Waals surface area contributed by atoms with Crippen molar-refractivity contribution in [3.63, 3.8) is 0 Å². The van der Waals surface area contributed by atoms with Crippen molar-refractivity contribution in [2.45, 2.75) is 77.4 Å². The molecule has 100 valence electrons. The first-order valence-electron chi connectivity index (χ1n) is 7.49. The molecule has 17 heavy (non-hydrogen) atoms. The number of nitrogens with one attached hydrogen (secondary N) is 1. The van der Waals surface area contributed by atoms with Gasteiger partial charge in [-0.05, 0) is 39.0 Å². The lowest BCUT2D eigenvalue weighted by Gasteiger charge is -2.49. The average molecular weight is 238 g/mol. The summed E-state index contributed by atoms with van der Waals surface area (Å²) in [5, 5.41) is 3.75. The molecule has 2 heteroatoms. The zero-order valence-electron chi connectivity index (χ0n) is 12.1. The molecule has 1 saturated heterocycles. The van der Waals surface area contributed by atoms with Crippen LogP contribution in [0.4, 0.5) is 0 Å². The normalized spacial score (nSPS) is 31.2. The Kier molecular flexibility index (Phi) is 4.14. The van der Waals surface area contributed by atoms with Gasteiger partial charge in [-0.3, -0.25) is 4.90 Å². The fourth-order valence-corrected chi connectivity index (χ4v) is 3.63. The summed E-state index contributed by atoms with van der Waals surface area (Å²) in [6, 6.07) is 1.57. The molecule has 0 aromatic rings. The van der Waals surface area contributed by atoms with Crippen molar-refractivity contribution >= 4 is 0 Å². The molecular weight excluding hydrogens is 208 g/mol. The van der Waals surface area contributed by atoms with Gasteiger partial charge >= 0.3 is 0 Å². The second kappa shape index (κ2) is 5.27. The molecule has 1 atom stereocenters. The fourth-order valence-electron chi connectivity index (χ4n) is 3.63. The molecule has 2 nitrogen and oxygen atoms in total. The molecule has 1 aliphatic heterocycles. The molecule has 0 radical (unpaired) electrons. The molecule has 2 aliphatic rings. The Morgan fingerprint density at radius 1 is 1.24 bits per heavy atom. The van der Waals surface area contributed by atoms with E-state index >= 15 is 0 Å². The summed E-state index contributed by atoms with van der Waals surface area (Å²) in [5.41, 5.74) is 0.350. The largest absolute Gasteiger partial charge is 0.311 e. The lowest BCUT2D eigenvalue weighted by atomic mass is 9.91. The van der Waals surface area contributed by atoms with Gasteiger partial charge in [0.15, 0.2) is 0 Å². The molecule has 0 amide bonds. The summed E-state index contributed by atoms with van der Waals surface area (Å²) >= 11 is 0. The van der Waals surface area contributed by atoms with Crippen LogP contribution in [0.15, 0.2) is 0 Å². The van der Waals surface area contributed by atoms with E-state index < -0.39 is 0 Å². The van der Waals surface area contributed by atoms with Gasteiger partial charge in [0.05, 0.1) is 0 Å². The number of rotatable bonds is 3. The molecule has 2 rings (SSSR count). The van der Waals surface area contributed by atoms with E-state index in [1.807, 2.05) is 0 Å². The Morgan fingerprint density at radius 2 is 1.88 bits per heavy atom. The van der Waals surface area contributed by atoms with Crippen LogP contribution in [-0.2, 0) is 0 Å². The zero-order chi connectivity index (χ0) is 12.5. The smallest absolute Gasteiger partial charge is 0.0281 e. The second-order valence-electron chi connectivity index (χ2n) is 7.11. The quantitative estimate of drug-likeness (QED) is 0.813. The molecule has 0 spiro atoms. The third-order valence-corrected chi connectivity index (χ3v) is 4.54. The van der Waals surface area contributed by atoms with E-state index in [9.17, 15) is 0 Å². The molecule has 1 unspecified atom stereocenters. The topological polar surface area (TPSA) is 15.3 Å². The van der Waals surface area contributed by atoms with Crippen LogP contribution in [0.25, 0.3) is 0 Å². The SMILES string of the molecule is CC(C)CC1CN(C2CCCC2)C(C)(C)CN1. The molecule has 1 heterocycles. The molecule has 1 N–H and O–H groups in total. The first-order valence-corrected chi connectivity index (χ1v) is 7.49. The lowest BCUT2D eigenvalue weighted by Crippen LogP contribution is -2.64. The Morgan fingerprint density at radius 3 is 2.47 bits per heavy atom. The van der Waals surface area contributed by atoms with Gasteiger partial charge in [-0.25, -0.2) is 0 Å². The van der Waals surface area contributed by atoms with Gasteiger partial charge in [-0.2, -0.15) is 0 Å². The Bertz CT molecular complexity index is 241. The summed E-state index contributed by atoms with van der Waals surface area (Å²) in [6.07, 6.45) is 7.06. The minimum atomic E-state index is 0.350. The second-order valence-corrected chi connectivity index (χ2v) is 7.11. The van der Waals surface area contributed by atoms with E-state index in [0.717, 1.165) is 18.5 Å². The standard InChI is InChI=1S/C15H30N2/c1-12(2)9-13-10-17(14-7-5-6-8-14)15(3,4)11-16-13/h12-14,16H,5-11H2,1-4H3. The zero-order valence-corrected chi connectivity index (χ0v) is 12.1.